The molecule has 0 fully saturated rings. The Morgan fingerprint density at radius 2 is 2.00 bits per heavy atom. The first-order valence-electron chi connectivity index (χ1n) is 7.00. The summed E-state index contributed by atoms with van der Waals surface area (Å²) in [5, 5.41) is 2.87. The van der Waals surface area contributed by atoms with Gasteiger partial charge in [0.25, 0.3) is 5.56 Å². The van der Waals surface area contributed by atoms with Crippen molar-refractivity contribution in [2.24, 2.45) is 0 Å². The molecule has 0 radical (unpaired) electrons. The Hall–Kier alpha value is -2.90. The molecule has 1 aromatic heterocycles. The van der Waals surface area contributed by atoms with Gasteiger partial charge in [0.2, 0.25) is 5.91 Å². The third-order valence-corrected chi connectivity index (χ3v) is 3.30. The lowest BCUT2D eigenvalue weighted by Gasteiger charge is -2.13. The Morgan fingerprint density at radius 3 is 2.70 bits per heavy atom. The molecule has 0 aliphatic heterocycles. The first-order chi connectivity index (χ1) is 10.9. The Labute approximate surface area is 131 Å². The molecule has 23 heavy (non-hydrogen) atoms. The molecule has 0 saturated heterocycles. The number of carbonyl (C=O) groups excluding carboxylic acids is 2. The number of benzene rings is 1. The minimum Gasteiger partial charge on any atom is -0.469 e. The van der Waals surface area contributed by atoms with E-state index in [1.165, 1.54) is 7.11 Å². The van der Waals surface area contributed by atoms with Crippen molar-refractivity contribution in [3.63, 3.8) is 0 Å². The van der Waals surface area contributed by atoms with Gasteiger partial charge in [-0.1, -0.05) is 12.1 Å². The van der Waals surface area contributed by atoms with E-state index in [0.29, 0.717) is 10.9 Å². The molecule has 0 aliphatic carbocycles. The van der Waals surface area contributed by atoms with Crippen molar-refractivity contribution in [2.75, 3.05) is 7.11 Å². The number of methoxy groups -OCH3 is 1. The number of nitrogens with zero attached hydrogens (tertiary/aromatic N) is 1. The molecule has 1 heterocycles. The second-order valence-corrected chi connectivity index (χ2v) is 5.12. The SMILES string of the molecule is COC(=O)CC(C)NC(=O)Cn1c(=O)[nH]c2ccccc2c1=O. The summed E-state index contributed by atoms with van der Waals surface area (Å²) in [6, 6.07) is 6.09. The number of carbonyl (C=O) groups is 2. The van der Waals surface area contributed by atoms with Crippen molar-refractivity contribution in [3.05, 3.63) is 45.1 Å². The van der Waals surface area contributed by atoms with Gasteiger partial charge in [0.05, 0.1) is 24.4 Å². The third kappa shape index (κ3) is 3.85. The van der Waals surface area contributed by atoms with Gasteiger partial charge in [0.15, 0.2) is 0 Å². The quantitative estimate of drug-likeness (QED) is 0.739. The molecule has 1 atom stereocenters. The van der Waals surface area contributed by atoms with E-state index in [-0.39, 0.29) is 6.42 Å². The highest BCUT2D eigenvalue weighted by molar-refractivity contribution is 5.79. The topological polar surface area (TPSA) is 110 Å². The van der Waals surface area contributed by atoms with Gasteiger partial charge in [-0.25, -0.2) is 4.79 Å². The predicted octanol–water partition coefficient (Wildman–Crippen LogP) is -0.242. The van der Waals surface area contributed by atoms with Crippen molar-refractivity contribution in [1.29, 1.82) is 0 Å². The van der Waals surface area contributed by atoms with Crippen LogP contribution in [0.15, 0.2) is 33.9 Å². The average Bonchev–Trinajstić information content (AvgIpc) is 2.51. The summed E-state index contributed by atoms with van der Waals surface area (Å²) in [5.41, 5.74) is -0.789. The fourth-order valence-corrected chi connectivity index (χ4v) is 2.19. The Balaban J connectivity index is 2.18. The second-order valence-electron chi connectivity index (χ2n) is 5.12. The normalized spacial score (nSPS) is 11.9. The zero-order chi connectivity index (χ0) is 17.0. The molecule has 2 aromatic rings. The van der Waals surface area contributed by atoms with Gasteiger partial charge in [-0.2, -0.15) is 0 Å². The van der Waals surface area contributed by atoms with Gasteiger partial charge >= 0.3 is 11.7 Å². The van der Waals surface area contributed by atoms with Crippen LogP contribution in [0, 0.1) is 0 Å². The molecule has 0 bridgehead atoms. The molecule has 8 nitrogen and oxygen atoms in total. The smallest absolute Gasteiger partial charge is 0.329 e. The van der Waals surface area contributed by atoms with Crippen molar-refractivity contribution < 1.29 is 14.3 Å². The van der Waals surface area contributed by atoms with Gasteiger partial charge < -0.3 is 15.0 Å². The lowest BCUT2D eigenvalue weighted by Crippen LogP contribution is -2.43. The number of aromatic nitrogens is 2. The second kappa shape index (κ2) is 6.91. The zero-order valence-corrected chi connectivity index (χ0v) is 12.8. The first-order valence-corrected chi connectivity index (χ1v) is 7.00. The number of rotatable bonds is 5. The van der Waals surface area contributed by atoms with Gasteiger partial charge in [-0.05, 0) is 19.1 Å². The number of ether oxygens (including phenoxy) is 1. The molecule has 0 saturated carbocycles. The molecule has 0 aliphatic rings. The van der Waals surface area contributed by atoms with E-state index in [0.717, 1.165) is 4.57 Å². The molecule has 8 heteroatoms. The van der Waals surface area contributed by atoms with Crippen LogP contribution in [0.3, 0.4) is 0 Å². The van der Waals surface area contributed by atoms with Crippen LogP contribution in [0.5, 0.6) is 0 Å². The van der Waals surface area contributed by atoms with Crippen LogP contribution in [-0.4, -0.2) is 34.6 Å². The minimum atomic E-state index is -0.663. The van der Waals surface area contributed by atoms with E-state index in [1.54, 1.807) is 31.2 Å². The number of para-hydroxylation sites is 1. The molecule has 1 amide bonds. The minimum absolute atomic E-state index is 0.00517. The Bertz CT molecular complexity index is 852. The van der Waals surface area contributed by atoms with Crippen LogP contribution >= 0.6 is 0 Å². The van der Waals surface area contributed by atoms with E-state index in [2.05, 4.69) is 15.0 Å². The number of aromatic amines is 1. The monoisotopic (exact) mass is 319 g/mol. The zero-order valence-electron chi connectivity index (χ0n) is 12.8. The summed E-state index contributed by atoms with van der Waals surface area (Å²) in [5.74, 6) is -0.997. The first kappa shape index (κ1) is 16.5. The fraction of sp³-hybridized carbons (Fsp3) is 0.333. The molecule has 2 rings (SSSR count). The van der Waals surface area contributed by atoms with E-state index in [1.807, 2.05) is 0 Å². The number of esters is 1. The highest BCUT2D eigenvalue weighted by Crippen LogP contribution is 2.02. The van der Waals surface area contributed by atoms with Crippen molar-refractivity contribution >= 4 is 22.8 Å². The van der Waals surface area contributed by atoms with E-state index in [4.69, 9.17) is 0 Å². The van der Waals surface area contributed by atoms with Crippen molar-refractivity contribution in [2.45, 2.75) is 25.9 Å². The highest BCUT2D eigenvalue weighted by atomic mass is 16.5. The maximum Gasteiger partial charge on any atom is 0.329 e. The van der Waals surface area contributed by atoms with Gasteiger partial charge in [0.1, 0.15) is 6.54 Å². The lowest BCUT2D eigenvalue weighted by molar-refractivity contribution is -0.141. The average molecular weight is 319 g/mol. The third-order valence-electron chi connectivity index (χ3n) is 3.30. The summed E-state index contributed by atoms with van der Waals surface area (Å²) in [4.78, 5) is 49.9. The highest BCUT2D eigenvalue weighted by Gasteiger charge is 2.15. The number of H-pyrrole nitrogens is 1. The van der Waals surface area contributed by atoms with Crippen LogP contribution in [0.2, 0.25) is 0 Å². The predicted molar refractivity (Wildman–Crippen MR) is 83.1 cm³/mol. The number of fused-ring (bicyclic) bond motifs is 1. The fourth-order valence-electron chi connectivity index (χ4n) is 2.19. The summed E-state index contributed by atoms with van der Waals surface area (Å²) in [6.07, 6.45) is 0.00517. The molecule has 2 N–H and O–H groups in total. The number of hydrogen-bond acceptors (Lipinski definition) is 5. The number of hydrogen-bond donors (Lipinski definition) is 2. The number of nitrogens with one attached hydrogen (secondary N) is 2. The lowest BCUT2D eigenvalue weighted by atomic mass is 10.2. The summed E-state index contributed by atoms with van der Waals surface area (Å²) in [6.45, 7) is 1.20. The van der Waals surface area contributed by atoms with E-state index in [9.17, 15) is 19.2 Å². The summed E-state index contributed by atoms with van der Waals surface area (Å²) in [7, 11) is 1.26. The molecule has 1 unspecified atom stereocenters. The van der Waals surface area contributed by atoms with Crippen LogP contribution in [0.25, 0.3) is 10.9 Å². The summed E-state index contributed by atoms with van der Waals surface area (Å²) >= 11 is 0. The van der Waals surface area contributed by atoms with Crippen LogP contribution < -0.4 is 16.6 Å². The van der Waals surface area contributed by atoms with Crippen LogP contribution in [-0.2, 0) is 20.9 Å². The maximum absolute atomic E-state index is 12.3. The molecule has 0 spiro atoms. The van der Waals surface area contributed by atoms with E-state index < -0.39 is 35.7 Å². The molecular weight excluding hydrogens is 302 g/mol. The van der Waals surface area contributed by atoms with Crippen LogP contribution in [0.4, 0.5) is 0 Å². The Kier molecular flexibility index (Phi) is 4.95. The Morgan fingerprint density at radius 1 is 1.30 bits per heavy atom. The van der Waals surface area contributed by atoms with Gasteiger partial charge in [0, 0.05) is 6.04 Å². The maximum atomic E-state index is 12.3. The number of amides is 1. The standard InChI is InChI=1S/C15H17N3O5/c1-9(7-13(20)23-2)16-12(19)8-18-14(21)10-5-3-4-6-11(10)17-15(18)22/h3-6,9H,7-8H2,1-2H3,(H,16,19)(H,17,22). The molecule has 1 aromatic carbocycles. The van der Waals surface area contributed by atoms with Crippen molar-refractivity contribution in [1.82, 2.24) is 14.9 Å². The van der Waals surface area contributed by atoms with Gasteiger partial charge in [-0.15, -0.1) is 0 Å². The summed E-state index contributed by atoms with van der Waals surface area (Å²) < 4.78 is 5.33. The molecule has 122 valence electrons. The van der Waals surface area contributed by atoms with Gasteiger partial charge in [-0.3, -0.25) is 19.0 Å². The van der Waals surface area contributed by atoms with E-state index >= 15 is 0 Å². The van der Waals surface area contributed by atoms with Crippen molar-refractivity contribution in [3.8, 4) is 0 Å². The largest absolute Gasteiger partial charge is 0.469 e. The molecular formula is C15H17N3O5. The van der Waals surface area contributed by atoms with Crippen LogP contribution in [0.1, 0.15) is 13.3 Å².